The smallest absolute Gasteiger partial charge is 0.119 e. The number of hydrogen-bond donors (Lipinski definition) is 2. The highest BCUT2D eigenvalue weighted by Crippen LogP contribution is 2.39. The molecule has 8 bridgehead atoms. The lowest BCUT2D eigenvalue weighted by molar-refractivity contribution is 0.363. The highest BCUT2D eigenvalue weighted by atomic mass is 35.5. The quantitative estimate of drug-likeness (QED) is 0.159. The molecule has 55 heavy (non-hydrogen) atoms. The molecule has 8 heteroatoms. The SMILES string of the molecule is C=CCOc1ccc(-c2c3nc(c(-c4ccc(Cl)cc4)c4ccc([nH]4)c(-c4ccc(Cl)cc4)c4nc(c(-c5ccc(Cl)cc5)c5ccc2[nH]5)C=C4)C=C3)cc1. The molecule has 0 saturated carbocycles. The van der Waals surface area contributed by atoms with E-state index in [2.05, 4.69) is 77.2 Å². The summed E-state index contributed by atoms with van der Waals surface area (Å²) < 4.78 is 5.83. The fourth-order valence-electron chi connectivity index (χ4n) is 7.14. The number of H-pyrrole nitrogens is 2. The zero-order valence-electron chi connectivity index (χ0n) is 29.3. The summed E-state index contributed by atoms with van der Waals surface area (Å²) in [7, 11) is 0. The second-order valence-corrected chi connectivity index (χ2v) is 14.5. The van der Waals surface area contributed by atoms with Gasteiger partial charge < -0.3 is 14.7 Å². The highest BCUT2D eigenvalue weighted by Gasteiger charge is 2.19. The van der Waals surface area contributed by atoms with Crippen molar-refractivity contribution in [3.63, 3.8) is 0 Å². The summed E-state index contributed by atoms with van der Waals surface area (Å²) in [6.45, 7) is 4.20. The van der Waals surface area contributed by atoms with Crippen molar-refractivity contribution in [2.75, 3.05) is 6.61 Å². The van der Waals surface area contributed by atoms with Gasteiger partial charge in [0, 0.05) is 59.4 Å². The van der Waals surface area contributed by atoms with E-state index in [0.29, 0.717) is 21.7 Å². The van der Waals surface area contributed by atoms with Gasteiger partial charge in [-0.25, -0.2) is 9.97 Å². The molecule has 0 unspecified atom stereocenters. The number of ether oxygens (including phenoxy) is 1. The van der Waals surface area contributed by atoms with E-state index >= 15 is 0 Å². The molecule has 0 amide bonds. The first-order valence-corrected chi connectivity index (χ1v) is 18.8. The van der Waals surface area contributed by atoms with Crippen LogP contribution in [0.25, 0.3) is 90.9 Å². The maximum absolute atomic E-state index is 6.39. The summed E-state index contributed by atoms with van der Waals surface area (Å²) in [5, 5.41) is 1.97. The van der Waals surface area contributed by atoms with Crippen LogP contribution < -0.4 is 4.74 Å². The predicted octanol–water partition coefficient (Wildman–Crippen LogP) is 13.8. The van der Waals surface area contributed by atoms with E-state index in [0.717, 1.165) is 95.1 Å². The first-order chi connectivity index (χ1) is 26.9. The Labute approximate surface area is 332 Å². The van der Waals surface area contributed by atoms with Crippen molar-refractivity contribution in [2.24, 2.45) is 0 Å². The fraction of sp³-hybridized carbons (Fsp3) is 0.0213. The number of rotatable bonds is 7. The Bertz CT molecular complexity index is 2790. The summed E-state index contributed by atoms with van der Waals surface area (Å²) in [5.41, 5.74) is 14.5. The second-order valence-electron chi connectivity index (χ2n) is 13.1. The van der Waals surface area contributed by atoms with Crippen LogP contribution in [0.2, 0.25) is 15.1 Å². The van der Waals surface area contributed by atoms with Crippen LogP contribution >= 0.6 is 34.8 Å². The van der Waals surface area contributed by atoms with Gasteiger partial charge in [-0.15, -0.1) is 0 Å². The average Bonchev–Trinajstić information content (AvgIpc) is 4.04. The van der Waals surface area contributed by atoms with Gasteiger partial charge in [0.1, 0.15) is 12.4 Å². The van der Waals surface area contributed by atoms with Crippen molar-refractivity contribution in [3.8, 4) is 50.3 Å². The van der Waals surface area contributed by atoms with Crippen molar-refractivity contribution in [2.45, 2.75) is 0 Å². The van der Waals surface area contributed by atoms with Gasteiger partial charge in [0.2, 0.25) is 0 Å². The van der Waals surface area contributed by atoms with Gasteiger partial charge >= 0.3 is 0 Å². The molecule has 2 aliphatic rings. The normalized spacial score (nSPS) is 11.9. The molecule has 0 spiro atoms. The minimum absolute atomic E-state index is 0.424. The van der Waals surface area contributed by atoms with Crippen molar-refractivity contribution < 1.29 is 4.74 Å². The van der Waals surface area contributed by atoms with Crippen molar-refractivity contribution in [3.05, 3.63) is 172 Å². The second kappa shape index (κ2) is 14.6. The first-order valence-electron chi connectivity index (χ1n) is 17.7. The minimum Gasteiger partial charge on any atom is -0.490 e. The van der Waals surface area contributed by atoms with E-state index in [1.165, 1.54) is 0 Å². The fourth-order valence-corrected chi connectivity index (χ4v) is 7.52. The lowest BCUT2D eigenvalue weighted by Crippen LogP contribution is -1.93. The summed E-state index contributed by atoms with van der Waals surface area (Å²) in [4.78, 5) is 18.2. The van der Waals surface area contributed by atoms with E-state index in [-0.39, 0.29) is 0 Å². The van der Waals surface area contributed by atoms with Crippen LogP contribution in [-0.4, -0.2) is 26.5 Å². The summed E-state index contributed by atoms with van der Waals surface area (Å²) in [6, 6.07) is 40.0. The first kappa shape index (κ1) is 34.6. The van der Waals surface area contributed by atoms with Crippen LogP contribution in [0.4, 0.5) is 0 Å². The van der Waals surface area contributed by atoms with Gasteiger partial charge in [-0.1, -0.05) is 96.0 Å². The Morgan fingerprint density at radius 3 is 1.02 bits per heavy atom. The third kappa shape index (κ3) is 6.79. The van der Waals surface area contributed by atoms with Crippen molar-refractivity contribution >= 4 is 81.2 Å². The Balaban J connectivity index is 1.43. The molecule has 7 aromatic rings. The van der Waals surface area contributed by atoms with E-state index in [1.54, 1.807) is 6.08 Å². The maximum atomic E-state index is 6.39. The molecule has 0 aliphatic carbocycles. The van der Waals surface area contributed by atoms with E-state index < -0.39 is 0 Å². The summed E-state index contributed by atoms with van der Waals surface area (Å²) in [6.07, 6.45) is 10.0. The summed E-state index contributed by atoms with van der Waals surface area (Å²) >= 11 is 19.2. The topological polar surface area (TPSA) is 66.6 Å². The number of aromatic amines is 2. The molecule has 0 radical (unpaired) electrons. The Morgan fingerprint density at radius 2 is 0.727 bits per heavy atom. The molecule has 5 heterocycles. The molecule has 5 nitrogen and oxygen atoms in total. The largest absolute Gasteiger partial charge is 0.490 e. The zero-order chi connectivity index (χ0) is 37.5. The van der Waals surface area contributed by atoms with Gasteiger partial charge in [-0.3, -0.25) is 0 Å². The molecule has 0 atom stereocenters. The van der Waals surface area contributed by atoms with Crippen LogP contribution in [-0.2, 0) is 0 Å². The minimum atomic E-state index is 0.424. The molecular weight excluding hydrogens is 743 g/mol. The van der Waals surface area contributed by atoms with Gasteiger partial charge in [-0.2, -0.15) is 0 Å². The molecule has 0 saturated heterocycles. The Morgan fingerprint density at radius 1 is 0.436 bits per heavy atom. The average molecular weight is 774 g/mol. The Kier molecular flexibility index (Phi) is 9.20. The standard InChI is InChI=1S/C47H31Cl3N4O/c1-2-27-55-35-17-9-31(10-18-35)47-42-25-23-40(53-42)45(29-5-13-33(49)14-6-29)38-21-19-36(51-38)44(28-3-11-32(48)12-4-28)37-20-22-39(52-37)46(41-24-26-43(47)54-41)30-7-15-34(50)16-8-30/h2-26,51,54H,1,27H2. The third-order valence-electron chi connectivity index (χ3n) is 9.66. The predicted molar refractivity (Wildman–Crippen MR) is 231 cm³/mol. The monoisotopic (exact) mass is 772 g/mol. The number of hydrogen-bond acceptors (Lipinski definition) is 3. The van der Waals surface area contributed by atoms with Crippen molar-refractivity contribution in [1.29, 1.82) is 0 Å². The number of nitrogens with one attached hydrogen (secondary N) is 2. The molecule has 4 aromatic carbocycles. The zero-order valence-corrected chi connectivity index (χ0v) is 31.6. The molecule has 2 aliphatic heterocycles. The number of nitrogens with zero attached hydrogens (tertiary/aromatic N) is 2. The highest BCUT2D eigenvalue weighted by molar-refractivity contribution is 6.31. The Hall–Kier alpha value is -6.11. The number of fused-ring (bicyclic) bond motifs is 8. The number of aromatic nitrogens is 4. The van der Waals surface area contributed by atoms with Crippen LogP contribution in [0.15, 0.2) is 134 Å². The number of halogens is 3. The molecule has 2 N–H and O–H groups in total. The van der Waals surface area contributed by atoms with Crippen LogP contribution in [0.3, 0.4) is 0 Å². The summed E-state index contributed by atoms with van der Waals surface area (Å²) in [5.74, 6) is 0.757. The third-order valence-corrected chi connectivity index (χ3v) is 10.4. The lowest BCUT2D eigenvalue weighted by atomic mass is 10.0. The van der Waals surface area contributed by atoms with Gasteiger partial charge in [0.25, 0.3) is 0 Å². The molecule has 9 rings (SSSR count). The van der Waals surface area contributed by atoms with E-state index in [1.807, 2.05) is 84.9 Å². The van der Waals surface area contributed by atoms with Gasteiger partial charge in [-0.05, 0) is 119 Å². The number of benzene rings is 4. The lowest BCUT2D eigenvalue weighted by Gasteiger charge is -2.08. The van der Waals surface area contributed by atoms with E-state index in [9.17, 15) is 0 Å². The molecule has 0 fully saturated rings. The molecule has 266 valence electrons. The maximum Gasteiger partial charge on any atom is 0.119 e. The van der Waals surface area contributed by atoms with Crippen LogP contribution in [0.1, 0.15) is 22.8 Å². The molecular formula is C47H31Cl3N4O. The molecule has 3 aromatic heterocycles. The van der Waals surface area contributed by atoms with Gasteiger partial charge in [0.05, 0.1) is 22.8 Å². The van der Waals surface area contributed by atoms with Crippen LogP contribution in [0, 0.1) is 0 Å². The van der Waals surface area contributed by atoms with Gasteiger partial charge in [0.15, 0.2) is 0 Å². The van der Waals surface area contributed by atoms with E-state index in [4.69, 9.17) is 49.5 Å². The van der Waals surface area contributed by atoms with Crippen LogP contribution in [0.5, 0.6) is 5.75 Å². The van der Waals surface area contributed by atoms with Crippen molar-refractivity contribution in [1.82, 2.24) is 19.9 Å².